The molecule has 0 aliphatic rings. The van der Waals surface area contributed by atoms with Gasteiger partial charge in [-0.3, -0.25) is 0 Å². The molecule has 0 bridgehead atoms. The van der Waals surface area contributed by atoms with Crippen LogP contribution in [0.1, 0.15) is 19.8 Å². The predicted molar refractivity (Wildman–Crippen MR) is 54.6 cm³/mol. The Morgan fingerprint density at radius 3 is 1.60 bits per heavy atom. The number of hydrogen-bond donors (Lipinski definition) is 0. The van der Waals surface area contributed by atoms with Gasteiger partial charge < -0.3 is 0 Å². The molecule has 10 heavy (non-hydrogen) atoms. The summed E-state index contributed by atoms with van der Waals surface area (Å²) in [6.45, 7) is 2.23. The molecule has 0 amide bonds. The Bertz CT molecular complexity index is 54.4. The molecule has 0 saturated heterocycles. The van der Waals surface area contributed by atoms with Gasteiger partial charge in [0, 0.05) is 0 Å². The van der Waals surface area contributed by atoms with Crippen LogP contribution in [0.5, 0.6) is 0 Å². The van der Waals surface area contributed by atoms with Crippen LogP contribution in [0, 0.1) is 0 Å². The van der Waals surface area contributed by atoms with Crippen molar-refractivity contribution in [3.8, 4) is 0 Å². The molecule has 0 aliphatic carbocycles. The molecule has 0 aliphatic heterocycles. The fourth-order valence-electron chi connectivity index (χ4n) is 0.177. The Morgan fingerprint density at radius 2 is 1.60 bits per heavy atom. The molecule has 0 saturated carbocycles. The number of hydrogen-bond acceptors (Lipinski definition) is 0. The third-order valence-electron chi connectivity index (χ3n) is 0.530. The summed E-state index contributed by atoms with van der Waals surface area (Å²) >= 11 is -1.08. The van der Waals surface area contributed by atoms with Crippen LogP contribution in [0.25, 0.3) is 0 Å². The molecule has 5 heteroatoms. The summed E-state index contributed by atoms with van der Waals surface area (Å²) in [7, 11) is 15.8. The Kier molecular flexibility index (Phi) is 14.3. The van der Waals surface area contributed by atoms with Crippen LogP contribution >= 0.6 is 26.8 Å². The summed E-state index contributed by atoms with van der Waals surface area (Å²) in [5.41, 5.74) is 0. The van der Waals surface area contributed by atoms with Crippen LogP contribution < -0.4 is 0 Å². The summed E-state index contributed by atoms with van der Waals surface area (Å²) in [6.07, 6.45) is 2.80. The van der Waals surface area contributed by atoms with E-state index in [1.165, 1.54) is 17.3 Å². The minimum atomic E-state index is -2.76. The van der Waals surface area contributed by atoms with Gasteiger partial charge in [-0.25, -0.2) is 0 Å². The fourth-order valence-corrected chi connectivity index (χ4v) is 1.19. The van der Waals surface area contributed by atoms with Gasteiger partial charge in [-0.05, 0) is 0 Å². The first-order chi connectivity index (χ1) is 4.41. The van der Waals surface area contributed by atoms with Gasteiger partial charge in [0.2, 0.25) is 0 Å². The van der Waals surface area contributed by atoms with Crippen LogP contribution in [0.2, 0.25) is 9.38 Å². The molecule has 0 aromatic rings. The first-order valence-electron chi connectivity index (χ1n) is 3.13. The maximum absolute atomic E-state index is 5.27. The van der Waals surface area contributed by atoms with E-state index in [1.54, 1.807) is 27.5 Å². The second kappa shape index (κ2) is 9.55. The summed E-state index contributed by atoms with van der Waals surface area (Å²) in [5.74, 6) is 0. The molecule has 0 unspecified atom stereocenters. The molecular formula is C5H12Cl3Sn2. The normalized spacial score (nSPS) is 10.2. The van der Waals surface area contributed by atoms with E-state index < -0.39 is 15.0 Å². The Labute approximate surface area is 92.1 Å². The van der Waals surface area contributed by atoms with Crippen molar-refractivity contribution in [2.75, 3.05) is 0 Å². The molecule has 0 fully saturated rings. The first-order valence-corrected chi connectivity index (χ1v) is 18.8. The topological polar surface area (TPSA) is 0 Å². The molecule has 0 rings (SSSR count). The second-order valence-corrected chi connectivity index (χ2v) is 26.9. The number of unbranched alkanes of at least 4 members (excludes halogenated alkanes) is 1. The summed E-state index contributed by atoms with van der Waals surface area (Å²) in [4.78, 5) is 1.69. The minimum absolute atomic E-state index is 1.37. The molecule has 61 valence electrons. The number of halogens is 3. The summed E-state index contributed by atoms with van der Waals surface area (Å²) in [6, 6.07) is 0. The third kappa shape index (κ3) is 47.0. The fraction of sp³-hybridized carbons (Fsp3) is 1.00. The van der Waals surface area contributed by atoms with Crippen molar-refractivity contribution in [2.24, 2.45) is 0 Å². The van der Waals surface area contributed by atoms with Crippen molar-refractivity contribution < 1.29 is 0 Å². The predicted octanol–water partition coefficient (Wildman–Crippen LogP) is 3.64. The first kappa shape index (κ1) is 15.0. The SMILES string of the molecule is CCC[CH2][Sn].[CH3][Sn]([Cl])([Cl])[Cl]. The van der Waals surface area contributed by atoms with E-state index in [9.17, 15) is 0 Å². The van der Waals surface area contributed by atoms with E-state index in [-0.39, 0.29) is 0 Å². The van der Waals surface area contributed by atoms with E-state index in [0.29, 0.717) is 0 Å². The zero-order chi connectivity index (χ0) is 8.62. The van der Waals surface area contributed by atoms with Gasteiger partial charge in [0.15, 0.2) is 0 Å². The average Bonchev–Trinajstić information content (AvgIpc) is 1.63. The van der Waals surface area contributed by atoms with Gasteiger partial charge in [0.25, 0.3) is 0 Å². The van der Waals surface area contributed by atoms with Gasteiger partial charge >= 0.3 is 93.4 Å². The van der Waals surface area contributed by atoms with Crippen LogP contribution in [-0.4, -0.2) is 37.5 Å². The molecule has 0 heterocycles. The van der Waals surface area contributed by atoms with Crippen molar-refractivity contribution in [2.45, 2.75) is 29.1 Å². The van der Waals surface area contributed by atoms with Crippen LogP contribution in [0.3, 0.4) is 0 Å². The van der Waals surface area contributed by atoms with Crippen molar-refractivity contribution in [3.05, 3.63) is 0 Å². The molecule has 3 radical (unpaired) electrons. The van der Waals surface area contributed by atoms with Gasteiger partial charge in [0.1, 0.15) is 0 Å². The van der Waals surface area contributed by atoms with E-state index in [1.807, 2.05) is 0 Å². The van der Waals surface area contributed by atoms with Gasteiger partial charge in [-0.2, -0.15) is 0 Å². The number of rotatable bonds is 2. The van der Waals surface area contributed by atoms with E-state index in [4.69, 9.17) is 26.8 Å². The monoisotopic (exact) mass is 417 g/mol. The molecule has 0 N–H and O–H groups in total. The van der Waals surface area contributed by atoms with Crippen molar-refractivity contribution in [3.63, 3.8) is 0 Å². The molecule has 0 nitrogen and oxygen atoms in total. The molecule has 0 spiro atoms. The zero-order valence-corrected chi connectivity index (χ0v) is 14.2. The van der Waals surface area contributed by atoms with E-state index in [2.05, 4.69) is 6.92 Å². The molecular weight excluding hydrogens is 404 g/mol. The van der Waals surface area contributed by atoms with Crippen LogP contribution in [0.4, 0.5) is 0 Å². The average molecular weight is 416 g/mol. The summed E-state index contributed by atoms with van der Waals surface area (Å²) in [5, 5.41) is 0. The molecule has 0 atom stereocenters. The van der Waals surface area contributed by atoms with Crippen molar-refractivity contribution >= 4 is 64.3 Å². The quantitative estimate of drug-likeness (QED) is 0.604. The standard InChI is InChI=1S/C4H9.CH3.3ClH.2Sn/c1-3-4-2;;;;;;/h1,3-4H2,2H3;1H3;3*1H;;/q;;;;;;+3/p-3. The van der Waals surface area contributed by atoms with Gasteiger partial charge in [-0.15, -0.1) is 0 Å². The summed E-state index contributed by atoms with van der Waals surface area (Å²) < 4.78 is 1.43. The third-order valence-corrected chi connectivity index (χ3v) is 1.54. The molecule has 0 aromatic carbocycles. The molecule has 0 aromatic heterocycles. The van der Waals surface area contributed by atoms with Gasteiger partial charge in [-0.1, -0.05) is 0 Å². The maximum atomic E-state index is 5.27. The Morgan fingerprint density at radius 1 is 1.30 bits per heavy atom. The second-order valence-electron chi connectivity index (χ2n) is 1.88. The van der Waals surface area contributed by atoms with Crippen LogP contribution in [0.15, 0.2) is 0 Å². The van der Waals surface area contributed by atoms with Crippen molar-refractivity contribution in [1.82, 2.24) is 0 Å². The zero-order valence-electron chi connectivity index (χ0n) is 6.26. The van der Waals surface area contributed by atoms with Crippen molar-refractivity contribution in [1.29, 1.82) is 0 Å². The van der Waals surface area contributed by atoms with E-state index >= 15 is 0 Å². The van der Waals surface area contributed by atoms with Gasteiger partial charge in [0.05, 0.1) is 0 Å². The Hall–Kier alpha value is 2.47. The Balaban J connectivity index is 0. The van der Waals surface area contributed by atoms with E-state index in [0.717, 1.165) is 0 Å². The van der Waals surface area contributed by atoms with Crippen LogP contribution in [-0.2, 0) is 0 Å².